The second-order valence-corrected chi connectivity index (χ2v) is 3.93. The number of aromatic nitrogens is 4. The molecule has 0 N–H and O–H groups in total. The Bertz CT molecular complexity index is 685. The smallest absolute Gasteiger partial charge is 0.154 e. The van der Waals surface area contributed by atoms with Crippen LogP contribution in [0.4, 0.5) is 0 Å². The van der Waals surface area contributed by atoms with Crippen LogP contribution in [0.15, 0.2) is 55.5 Å². The van der Waals surface area contributed by atoms with Crippen LogP contribution in [0.1, 0.15) is 5.69 Å². The van der Waals surface area contributed by atoms with Gasteiger partial charge in [0.15, 0.2) is 5.65 Å². The quantitative estimate of drug-likeness (QED) is 0.656. The van der Waals surface area contributed by atoms with Gasteiger partial charge in [0.25, 0.3) is 0 Å². The molecule has 0 radical (unpaired) electrons. The molecule has 0 spiro atoms. The van der Waals surface area contributed by atoms with Crippen molar-refractivity contribution < 1.29 is 0 Å². The van der Waals surface area contributed by atoms with Crippen molar-refractivity contribution in [2.45, 2.75) is 6.42 Å². The van der Waals surface area contributed by atoms with E-state index in [-0.39, 0.29) is 0 Å². The largest absolute Gasteiger partial charge is 0.265 e. The highest BCUT2D eigenvalue weighted by Gasteiger charge is 2.13. The zero-order valence-corrected chi connectivity index (χ0v) is 9.82. The molecule has 88 valence electrons. The van der Waals surface area contributed by atoms with E-state index in [1.54, 1.807) is 18.6 Å². The van der Waals surface area contributed by atoms with Crippen molar-refractivity contribution in [1.82, 2.24) is 19.6 Å². The Labute approximate surface area is 105 Å². The van der Waals surface area contributed by atoms with Crippen LogP contribution >= 0.6 is 0 Å². The average Bonchev–Trinajstić information content (AvgIpc) is 2.78. The predicted octanol–water partition coefficient (Wildman–Crippen LogP) is 2.52. The maximum atomic E-state index is 4.59. The standard InChI is InChI=1S/C14H12N4/c1-2-4-12-14(11-6-9-15-10-7-11)18-13(17-12)5-3-8-16-18/h2-3,5-10H,1,4H2. The Kier molecular flexibility index (Phi) is 2.61. The first-order valence-electron chi connectivity index (χ1n) is 5.74. The molecule has 3 heterocycles. The molecule has 0 aromatic carbocycles. The van der Waals surface area contributed by atoms with Crippen LogP contribution < -0.4 is 0 Å². The topological polar surface area (TPSA) is 43.1 Å². The first-order valence-corrected chi connectivity index (χ1v) is 5.74. The molecule has 0 saturated carbocycles. The second kappa shape index (κ2) is 4.41. The van der Waals surface area contributed by atoms with Crippen molar-refractivity contribution in [2.75, 3.05) is 0 Å². The fourth-order valence-electron chi connectivity index (χ4n) is 2.01. The van der Waals surface area contributed by atoms with Gasteiger partial charge in [-0.2, -0.15) is 5.10 Å². The number of hydrogen-bond acceptors (Lipinski definition) is 3. The summed E-state index contributed by atoms with van der Waals surface area (Å²) in [7, 11) is 0. The van der Waals surface area contributed by atoms with Gasteiger partial charge < -0.3 is 0 Å². The van der Waals surface area contributed by atoms with E-state index in [2.05, 4.69) is 21.6 Å². The maximum Gasteiger partial charge on any atom is 0.154 e. The molecule has 0 aliphatic carbocycles. The number of imidazole rings is 1. The molecular weight excluding hydrogens is 224 g/mol. The third-order valence-corrected chi connectivity index (χ3v) is 2.76. The van der Waals surface area contributed by atoms with Gasteiger partial charge in [-0.15, -0.1) is 6.58 Å². The molecule has 3 aromatic heterocycles. The third-order valence-electron chi connectivity index (χ3n) is 2.76. The summed E-state index contributed by atoms with van der Waals surface area (Å²) in [6.45, 7) is 3.78. The summed E-state index contributed by atoms with van der Waals surface area (Å²) in [4.78, 5) is 8.63. The van der Waals surface area contributed by atoms with Crippen LogP contribution in [0.25, 0.3) is 16.9 Å². The molecule has 3 aromatic rings. The monoisotopic (exact) mass is 236 g/mol. The molecule has 0 unspecified atom stereocenters. The minimum absolute atomic E-state index is 0.723. The molecule has 0 aliphatic rings. The molecule has 0 amide bonds. The van der Waals surface area contributed by atoms with E-state index < -0.39 is 0 Å². The number of fused-ring (bicyclic) bond motifs is 1. The lowest BCUT2D eigenvalue weighted by molar-refractivity contribution is 0.940. The van der Waals surface area contributed by atoms with Crippen LogP contribution in [0.3, 0.4) is 0 Å². The molecule has 0 atom stereocenters. The van der Waals surface area contributed by atoms with E-state index in [1.165, 1.54) is 0 Å². The molecule has 0 saturated heterocycles. The zero-order chi connectivity index (χ0) is 12.4. The summed E-state index contributed by atoms with van der Waals surface area (Å²) in [5, 5.41) is 4.36. The average molecular weight is 236 g/mol. The van der Waals surface area contributed by atoms with E-state index in [0.717, 1.165) is 29.0 Å². The number of pyridine rings is 1. The van der Waals surface area contributed by atoms with Crippen LogP contribution in [0.2, 0.25) is 0 Å². The van der Waals surface area contributed by atoms with Gasteiger partial charge in [-0.3, -0.25) is 4.98 Å². The minimum Gasteiger partial charge on any atom is -0.265 e. The summed E-state index contributed by atoms with van der Waals surface area (Å²) in [6.07, 6.45) is 7.88. The lowest BCUT2D eigenvalue weighted by Gasteiger charge is -2.02. The van der Waals surface area contributed by atoms with Gasteiger partial charge in [0.1, 0.15) is 0 Å². The normalized spacial score (nSPS) is 10.7. The van der Waals surface area contributed by atoms with E-state index >= 15 is 0 Å². The van der Waals surface area contributed by atoms with E-state index in [4.69, 9.17) is 0 Å². The fourth-order valence-corrected chi connectivity index (χ4v) is 2.01. The zero-order valence-electron chi connectivity index (χ0n) is 9.82. The highest BCUT2D eigenvalue weighted by molar-refractivity contribution is 5.66. The van der Waals surface area contributed by atoms with Crippen molar-refractivity contribution in [1.29, 1.82) is 0 Å². The lowest BCUT2D eigenvalue weighted by atomic mass is 10.1. The summed E-state index contributed by atoms with van der Waals surface area (Å²) >= 11 is 0. The van der Waals surface area contributed by atoms with E-state index in [1.807, 2.05) is 34.9 Å². The van der Waals surface area contributed by atoms with Crippen molar-refractivity contribution in [3.8, 4) is 11.3 Å². The van der Waals surface area contributed by atoms with Gasteiger partial charge in [0, 0.05) is 30.6 Å². The summed E-state index contributed by atoms with van der Waals surface area (Å²) in [5.74, 6) is 0. The Morgan fingerprint density at radius 1 is 1.17 bits per heavy atom. The molecule has 4 nitrogen and oxygen atoms in total. The van der Waals surface area contributed by atoms with Gasteiger partial charge in [0.2, 0.25) is 0 Å². The van der Waals surface area contributed by atoms with Gasteiger partial charge in [0.05, 0.1) is 11.4 Å². The summed E-state index contributed by atoms with van der Waals surface area (Å²) < 4.78 is 1.86. The molecular formula is C14H12N4. The van der Waals surface area contributed by atoms with Crippen molar-refractivity contribution in [3.05, 3.63) is 61.2 Å². The highest BCUT2D eigenvalue weighted by Crippen LogP contribution is 2.24. The van der Waals surface area contributed by atoms with Crippen LogP contribution in [0, 0.1) is 0 Å². The fraction of sp³-hybridized carbons (Fsp3) is 0.0714. The predicted molar refractivity (Wildman–Crippen MR) is 70.1 cm³/mol. The molecule has 3 rings (SSSR count). The lowest BCUT2D eigenvalue weighted by Crippen LogP contribution is -1.94. The second-order valence-electron chi connectivity index (χ2n) is 3.93. The Morgan fingerprint density at radius 3 is 2.78 bits per heavy atom. The van der Waals surface area contributed by atoms with Crippen molar-refractivity contribution in [2.24, 2.45) is 0 Å². The van der Waals surface area contributed by atoms with Gasteiger partial charge >= 0.3 is 0 Å². The van der Waals surface area contributed by atoms with Crippen LogP contribution in [-0.2, 0) is 6.42 Å². The maximum absolute atomic E-state index is 4.59. The van der Waals surface area contributed by atoms with E-state index in [0.29, 0.717) is 0 Å². The van der Waals surface area contributed by atoms with Crippen LogP contribution in [0.5, 0.6) is 0 Å². The van der Waals surface area contributed by atoms with Crippen molar-refractivity contribution in [3.63, 3.8) is 0 Å². The summed E-state index contributed by atoms with van der Waals surface area (Å²) in [5.41, 5.74) is 3.90. The van der Waals surface area contributed by atoms with E-state index in [9.17, 15) is 0 Å². The molecule has 0 fully saturated rings. The number of allylic oxidation sites excluding steroid dienone is 1. The minimum atomic E-state index is 0.723. The van der Waals surface area contributed by atoms with Crippen LogP contribution in [-0.4, -0.2) is 19.6 Å². The molecule has 0 aliphatic heterocycles. The van der Waals surface area contributed by atoms with Gasteiger partial charge in [-0.25, -0.2) is 9.50 Å². The Hall–Kier alpha value is -2.49. The Morgan fingerprint density at radius 2 is 2.00 bits per heavy atom. The number of nitrogens with zero attached hydrogens (tertiary/aromatic N) is 4. The summed E-state index contributed by atoms with van der Waals surface area (Å²) in [6, 6.07) is 7.76. The number of rotatable bonds is 3. The van der Waals surface area contributed by atoms with Gasteiger partial charge in [-0.1, -0.05) is 6.08 Å². The van der Waals surface area contributed by atoms with Gasteiger partial charge in [-0.05, 0) is 24.3 Å². The highest BCUT2D eigenvalue weighted by atomic mass is 15.3. The molecule has 18 heavy (non-hydrogen) atoms. The Balaban J connectivity index is 2.31. The first-order chi connectivity index (χ1) is 8.90. The third kappa shape index (κ3) is 1.68. The first kappa shape index (κ1) is 10.7. The SMILES string of the molecule is C=CCc1nc2cccnn2c1-c1ccncc1. The number of hydrogen-bond donors (Lipinski definition) is 0. The van der Waals surface area contributed by atoms with Crippen molar-refractivity contribution >= 4 is 5.65 Å². The molecule has 4 heteroatoms. The molecule has 0 bridgehead atoms.